The lowest BCUT2D eigenvalue weighted by Crippen LogP contribution is -2.29. The molecule has 4 heteroatoms. The highest BCUT2D eigenvalue weighted by atomic mass is 15.3. The first-order valence-corrected chi connectivity index (χ1v) is 6.40. The van der Waals surface area contributed by atoms with Gasteiger partial charge in [0.15, 0.2) is 0 Å². The Hall–Kier alpha value is -0.870. The third-order valence-corrected chi connectivity index (χ3v) is 2.85. The molecule has 1 atom stereocenters. The maximum Gasteiger partial charge on any atom is 0.0534 e. The summed E-state index contributed by atoms with van der Waals surface area (Å²) < 4.78 is 2.00. The Morgan fingerprint density at radius 3 is 2.59 bits per heavy atom. The van der Waals surface area contributed by atoms with Crippen molar-refractivity contribution < 1.29 is 0 Å². The van der Waals surface area contributed by atoms with Crippen LogP contribution in [0.1, 0.15) is 38.8 Å². The molecule has 0 aliphatic carbocycles. The van der Waals surface area contributed by atoms with Gasteiger partial charge >= 0.3 is 0 Å². The normalized spacial score (nSPS) is 13.6. The highest BCUT2D eigenvalue weighted by Crippen LogP contribution is 2.05. The van der Waals surface area contributed by atoms with Gasteiger partial charge in [0.25, 0.3) is 0 Å². The first-order chi connectivity index (χ1) is 7.99. The van der Waals surface area contributed by atoms with Crippen LogP contribution in [0, 0.1) is 0 Å². The zero-order valence-electron chi connectivity index (χ0n) is 11.8. The molecule has 1 N–H and O–H groups in total. The summed E-state index contributed by atoms with van der Waals surface area (Å²) in [5.74, 6) is 0. The topological polar surface area (TPSA) is 33.1 Å². The third-order valence-electron chi connectivity index (χ3n) is 2.85. The van der Waals surface area contributed by atoms with Crippen molar-refractivity contribution in [3.8, 4) is 0 Å². The minimum atomic E-state index is 0.440. The highest BCUT2D eigenvalue weighted by molar-refractivity contribution is 5.04. The van der Waals surface area contributed by atoms with Crippen LogP contribution in [0.25, 0.3) is 0 Å². The Labute approximate surface area is 105 Å². The SMILES string of the molecule is CC(CCN(C)C)NCc1cnn(C(C)C)c1. The smallest absolute Gasteiger partial charge is 0.0534 e. The number of hydrogen-bond donors (Lipinski definition) is 1. The number of rotatable bonds is 7. The Morgan fingerprint density at radius 2 is 2.06 bits per heavy atom. The van der Waals surface area contributed by atoms with E-state index in [0.29, 0.717) is 12.1 Å². The molecule has 4 nitrogen and oxygen atoms in total. The van der Waals surface area contributed by atoms with Gasteiger partial charge in [0, 0.05) is 30.4 Å². The van der Waals surface area contributed by atoms with Crippen molar-refractivity contribution in [1.82, 2.24) is 20.0 Å². The third kappa shape index (κ3) is 5.33. The van der Waals surface area contributed by atoms with Gasteiger partial charge in [-0.25, -0.2) is 0 Å². The van der Waals surface area contributed by atoms with Gasteiger partial charge in [-0.2, -0.15) is 5.10 Å². The van der Waals surface area contributed by atoms with E-state index in [1.54, 1.807) is 0 Å². The zero-order valence-corrected chi connectivity index (χ0v) is 11.8. The molecule has 1 unspecified atom stereocenters. The first-order valence-electron chi connectivity index (χ1n) is 6.40. The summed E-state index contributed by atoms with van der Waals surface area (Å²) in [5.41, 5.74) is 1.26. The molecular weight excluding hydrogens is 212 g/mol. The van der Waals surface area contributed by atoms with Crippen molar-refractivity contribution in [2.24, 2.45) is 0 Å². The predicted molar refractivity (Wildman–Crippen MR) is 72.1 cm³/mol. The largest absolute Gasteiger partial charge is 0.310 e. The summed E-state index contributed by atoms with van der Waals surface area (Å²) in [5, 5.41) is 7.86. The van der Waals surface area contributed by atoms with E-state index in [-0.39, 0.29) is 0 Å². The van der Waals surface area contributed by atoms with Crippen LogP contribution in [-0.4, -0.2) is 41.4 Å². The molecule has 0 amide bonds. The number of nitrogens with one attached hydrogen (secondary N) is 1. The molecule has 17 heavy (non-hydrogen) atoms. The minimum absolute atomic E-state index is 0.440. The van der Waals surface area contributed by atoms with E-state index < -0.39 is 0 Å². The van der Waals surface area contributed by atoms with E-state index in [2.05, 4.69) is 56.4 Å². The van der Waals surface area contributed by atoms with Gasteiger partial charge in [-0.05, 0) is 47.8 Å². The molecule has 0 aliphatic heterocycles. The molecule has 0 bridgehead atoms. The lowest BCUT2D eigenvalue weighted by molar-refractivity contribution is 0.365. The molecule has 0 aromatic carbocycles. The van der Waals surface area contributed by atoms with E-state index in [1.807, 2.05) is 10.9 Å². The molecule has 98 valence electrons. The average Bonchev–Trinajstić information content (AvgIpc) is 2.72. The maximum absolute atomic E-state index is 4.34. The maximum atomic E-state index is 4.34. The Balaban J connectivity index is 2.29. The molecule has 0 fully saturated rings. The van der Waals surface area contributed by atoms with Crippen LogP contribution in [-0.2, 0) is 6.54 Å². The van der Waals surface area contributed by atoms with E-state index in [9.17, 15) is 0 Å². The van der Waals surface area contributed by atoms with Crippen LogP contribution >= 0.6 is 0 Å². The second-order valence-electron chi connectivity index (χ2n) is 5.30. The van der Waals surface area contributed by atoms with Gasteiger partial charge in [-0.15, -0.1) is 0 Å². The second kappa shape index (κ2) is 6.77. The minimum Gasteiger partial charge on any atom is -0.310 e. The molecule has 1 aromatic heterocycles. The van der Waals surface area contributed by atoms with Crippen LogP contribution in [0.4, 0.5) is 0 Å². The quantitative estimate of drug-likeness (QED) is 0.787. The molecule has 0 saturated heterocycles. The van der Waals surface area contributed by atoms with Crippen LogP contribution < -0.4 is 5.32 Å². The summed E-state index contributed by atoms with van der Waals surface area (Å²) in [6.45, 7) is 8.55. The molecular formula is C13H26N4. The molecule has 1 rings (SSSR count). The highest BCUT2D eigenvalue weighted by Gasteiger charge is 2.05. The predicted octanol–water partition coefficient (Wildman–Crippen LogP) is 1.89. The summed E-state index contributed by atoms with van der Waals surface area (Å²) in [7, 11) is 4.22. The monoisotopic (exact) mass is 238 g/mol. The van der Waals surface area contributed by atoms with Crippen molar-refractivity contribution in [1.29, 1.82) is 0 Å². The molecule has 0 spiro atoms. The Morgan fingerprint density at radius 1 is 1.35 bits per heavy atom. The fraction of sp³-hybridized carbons (Fsp3) is 0.769. The Kier molecular flexibility index (Phi) is 5.65. The number of nitrogens with zero attached hydrogens (tertiary/aromatic N) is 3. The first kappa shape index (κ1) is 14.2. The number of hydrogen-bond acceptors (Lipinski definition) is 3. The van der Waals surface area contributed by atoms with E-state index in [0.717, 1.165) is 13.1 Å². The summed E-state index contributed by atoms with van der Waals surface area (Å²) >= 11 is 0. The van der Waals surface area contributed by atoms with Crippen molar-refractivity contribution in [3.05, 3.63) is 18.0 Å². The van der Waals surface area contributed by atoms with Gasteiger partial charge in [-0.3, -0.25) is 4.68 Å². The fourth-order valence-corrected chi connectivity index (χ4v) is 1.60. The lowest BCUT2D eigenvalue weighted by atomic mass is 10.2. The summed E-state index contributed by atoms with van der Waals surface area (Å²) in [6, 6.07) is 0.981. The summed E-state index contributed by atoms with van der Waals surface area (Å²) in [6.07, 6.45) is 5.24. The number of aromatic nitrogens is 2. The van der Waals surface area contributed by atoms with Gasteiger partial charge in [0.1, 0.15) is 0 Å². The van der Waals surface area contributed by atoms with Crippen LogP contribution in [0.15, 0.2) is 12.4 Å². The molecule has 0 saturated carbocycles. The molecule has 0 radical (unpaired) electrons. The van der Waals surface area contributed by atoms with Gasteiger partial charge in [0.2, 0.25) is 0 Å². The van der Waals surface area contributed by atoms with E-state index in [1.165, 1.54) is 12.0 Å². The standard InChI is InChI=1S/C13H26N4/c1-11(2)17-10-13(9-15-17)8-14-12(3)6-7-16(4)5/h9-12,14H,6-8H2,1-5H3. The average molecular weight is 238 g/mol. The molecule has 1 heterocycles. The van der Waals surface area contributed by atoms with Crippen LogP contribution in [0.3, 0.4) is 0 Å². The zero-order chi connectivity index (χ0) is 12.8. The van der Waals surface area contributed by atoms with E-state index >= 15 is 0 Å². The van der Waals surface area contributed by atoms with Gasteiger partial charge in [-0.1, -0.05) is 0 Å². The van der Waals surface area contributed by atoms with Gasteiger partial charge < -0.3 is 10.2 Å². The van der Waals surface area contributed by atoms with E-state index in [4.69, 9.17) is 0 Å². The van der Waals surface area contributed by atoms with Crippen LogP contribution in [0.2, 0.25) is 0 Å². The fourth-order valence-electron chi connectivity index (χ4n) is 1.60. The van der Waals surface area contributed by atoms with Crippen molar-refractivity contribution >= 4 is 0 Å². The molecule has 0 aliphatic rings. The van der Waals surface area contributed by atoms with Crippen molar-refractivity contribution in [3.63, 3.8) is 0 Å². The molecule has 1 aromatic rings. The van der Waals surface area contributed by atoms with Crippen LogP contribution in [0.5, 0.6) is 0 Å². The lowest BCUT2D eigenvalue weighted by Gasteiger charge is -2.16. The van der Waals surface area contributed by atoms with Crippen molar-refractivity contribution in [2.75, 3.05) is 20.6 Å². The Bertz CT molecular complexity index is 317. The second-order valence-corrected chi connectivity index (χ2v) is 5.30. The van der Waals surface area contributed by atoms with Crippen molar-refractivity contribution in [2.45, 2.75) is 45.8 Å². The van der Waals surface area contributed by atoms with Gasteiger partial charge in [0.05, 0.1) is 6.20 Å². The summed E-state index contributed by atoms with van der Waals surface area (Å²) in [4.78, 5) is 2.22.